The molecule has 0 radical (unpaired) electrons. The molecule has 1 heterocycles. The second kappa shape index (κ2) is 17.8. The molecular weight excluding hydrogens is 768 g/mol. The van der Waals surface area contributed by atoms with E-state index in [1.807, 2.05) is 36.4 Å². The zero-order valence-corrected chi connectivity index (χ0v) is 34.7. The molecule has 1 aliphatic rings. The highest BCUT2D eigenvalue weighted by Gasteiger charge is 2.50. The Morgan fingerprint density at radius 2 is 0.800 bits per heavy atom. The van der Waals surface area contributed by atoms with Gasteiger partial charge in [-0.15, -0.1) is 0 Å². The van der Waals surface area contributed by atoms with E-state index in [1.165, 1.54) is 14.2 Å². The van der Waals surface area contributed by atoms with Gasteiger partial charge in [-0.25, -0.2) is 0 Å². The first kappa shape index (κ1) is 40.9. The van der Waals surface area contributed by atoms with Crippen LogP contribution in [0.4, 0.5) is 0 Å². The number of benzene rings is 6. The van der Waals surface area contributed by atoms with Crippen molar-refractivity contribution in [1.82, 2.24) is 9.97 Å². The van der Waals surface area contributed by atoms with Crippen LogP contribution >= 0.6 is 11.6 Å². The molecule has 0 aliphatic heterocycles. The second-order valence-electron chi connectivity index (χ2n) is 15.6. The molecule has 60 heavy (non-hydrogen) atoms. The topological polar surface area (TPSA) is 82.9 Å². The number of aliphatic hydroxyl groups is 1. The van der Waals surface area contributed by atoms with Gasteiger partial charge in [0.25, 0.3) is 0 Å². The first-order chi connectivity index (χ1) is 29.4. The van der Waals surface area contributed by atoms with Crippen LogP contribution in [0.25, 0.3) is 0 Å². The van der Waals surface area contributed by atoms with E-state index in [1.54, 1.807) is 0 Å². The number of ether oxygens (including phenoxy) is 4. The van der Waals surface area contributed by atoms with E-state index in [9.17, 15) is 5.11 Å². The van der Waals surface area contributed by atoms with Crippen LogP contribution in [-0.4, -0.2) is 42.5 Å². The fourth-order valence-electron chi connectivity index (χ4n) is 8.86. The summed E-state index contributed by atoms with van der Waals surface area (Å²) >= 11 is 6.81. The molecule has 7 aromatic rings. The first-order valence-electron chi connectivity index (χ1n) is 20.4. The van der Waals surface area contributed by atoms with Gasteiger partial charge in [-0.3, -0.25) is 0 Å². The van der Waals surface area contributed by atoms with Gasteiger partial charge < -0.3 is 24.1 Å². The highest BCUT2D eigenvalue weighted by atomic mass is 35.5. The minimum absolute atomic E-state index is 0.0642. The summed E-state index contributed by atoms with van der Waals surface area (Å²) in [5.74, 6) is 0.182. The van der Waals surface area contributed by atoms with Gasteiger partial charge in [-0.2, -0.15) is 9.97 Å². The van der Waals surface area contributed by atoms with Crippen molar-refractivity contribution >= 4 is 11.6 Å². The lowest BCUT2D eigenvalue weighted by Crippen LogP contribution is -2.47. The Labute approximate surface area is 357 Å². The Balaban J connectivity index is 1.26. The van der Waals surface area contributed by atoms with Gasteiger partial charge in [0.15, 0.2) is 0 Å². The summed E-state index contributed by atoms with van der Waals surface area (Å²) in [6.45, 7) is 0.584. The monoisotopic (exact) mass is 816 g/mol. The van der Waals surface area contributed by atoms with Crippen molar-refractivity contribution in [2.75, 3.05) is 27.4 Å². The molecule has 1 aliphatic carbocycles. The SMILES string of the molecule is COc1nc(Cl)c(C2(O)CCC(COC(c3ccccc3)(c3ccccc3)c3ccccc3)(COC(c3ccccc3)(c3ccccc3)c3ccccc3)CC2)c(OC)n1. The summed E-state index contributed by atoms with van der Waals surface area (Å²) < 4.78 is 26.2. The van der Waals surface area contributed by atoms with Crippen molar-refractivity contribution in [2.24, 2.45) is 5.41 Å². The molecule has 1 N–H and O–H groups in total. The summed E-state index contributed by atoms with van der Waals surface area (Å²) in [6, 6.07) is 62.5. The standard InChI is InChI=1S/C52H49ClN2O5/c1-57-47-45(46(53)54-48(55-47)58-2)50(56)35-33-49(34-36-50,37-59-51(39-21-9-3-10-22-39,40-23-11-4-12-24-40)41-25-13-5-14-26-41)38-60-52(42-27-15-6-16-28-42,43-29-17-7-18-30-43)44-31-19-8-20-32-44/h3-32,56H,33-38H2,1-2H3. The minimum Gasteiger partial charge on any atom is -0.481 e. The lowest BCUT2D eigenvalue weighted by Gasteiger charge is -2.48. The molecule has 8 heteroatoms. The van der Waals surface area contributed by atoms with Gasteiger partial charge in [0.2, 0.25) is 5.88 Å². The van der Waals surface area contributed by atoms with Crippen LogP contribution in [0.2, 0.25) is 5.15 Å². The molecule has 304 valence electrons. The molecule has 1 aromatic heterocycles. The Bertz CT molecular complexity index is 2110. The Hall–Kier alpha value is -5.83. The van der Waals surface area contributed by atoms with Crippen molar-refractivity contribution in [3.63, 3.8) is 0 Å². The molecular formula is C52H49ClN2O5. The lowest BCUT2D eigenvalue weighted by atomic mass is 9.67. The van der Waals surface area contributed by atoms with E-state index in [2.05, 4.69) is 156 Å². The molecule has 1 fully saturated rings. The number of rotatable bonds is 15. The fraction of sp³-hybridized carbons (Fsp3) is 0.231. The van der Waals surface area contributed by atoms with Gasteiger partial charge in [-0.05, 0) is 59.1 Å². The Morgan fingerprint density at radius 3 is 1.08 bits per heavy atom. The van der Waals surface area contributed by atoms with E-state index >= 15 is 0 Å². The summed E-state index contributed by atoms with van der Waals surface area (Å²) in [7, 11) is 2.97. The third-order valence-electron chi connectivity index (χ3n) is 12.1. The van der Waals surface area contributed by atoms with Crippen LogP contribution in [0.5, 0.6) is 11.9 Å². The molecule has 0 atom stereocenters. The second-order valence-corrected chi connectivity index (χ2v) is 15.9. The average molecular weight is 817 g/mol. The van der Waals surface area contributed by atoms with Crippen molar-refractivity contribution < 1.29 is 24.1 Å². The van der Waals surface area contributed by atoms with E-state index in [0.29, 0.717) is 44.5 Å². The molecule has 7 nitrogen and oxygen atoms in total. The van der Waals surface area contributed by atoms with Gasteiger partial charge in [0.1, 0.15) is 16.4 Å². The summed E-state index contributed by atoms with van der Waals surface area (Å²) in [5.41, 5.74) is 2.41. The number of hydrogen-bond donors (Lipinski definition) is 1. The van der Waals surface area contributed by atoms with E-state index < -0.39 is 22.2 Å². The quantitative estimate of drug-likeness (QED) is 0.0815. The van der Waals surface area contributed by atoms with Gasteiger partial charge >= 0.3 is 6.01 Å². The maximum absolute atomic E-state index is 12.6. The van der Waals surface area contributed by atoms with Gasteiger partial charge in [-0.1, -0.05) is 194 Å². The summed E-state index contributed by atoms with van der Waals surface area (Å²) in [5, 5.41) is 12.7. The minimum atomic E-state index is -1.40. The first-order valence-corrected chi connectivity index (χ1v) is 20.7. The molecule has 0 unspecified atom stereocenters. The van der Waals surface area contributed by atoms with E-state index in [0.717, 1.165) is 33.4 Å². The third kappa shape index (κ3) is 7.82. The third-order valence-corrected chi connectivity index (χ3v) is 12.3. The zero-order chi connectivity index (χ0) is 41.5. The van der Waals surface area contributed by atoms with Crippen LogP contribution in [0.1, 0.15) is 64.6 Å². The van der Waals surface area contributed by atoms with Crippen LogP contribution in [-0.2, 0) is 26.3 Å². The average Bonchev–Trinajstić information content (AvgIpc) is 3.32. The highest BCUT2D eigenvalue weighted by Crippen LogP contribution is 2.53. The number of methoxy groups -OCH3 is 2. The van der Waals surface area contributed by atoms with Crippen LogP contribution in [0.3, 0.4) is 0 Å². The smallest absolute Gasteiger partial charge is 0.320 e. The molecule has 6 aromatic carbocycles. The molecule has 0 spiro atoms. The Morgan fingerprint density at radius 1 is 0.483 bits per heavy atom. The molecule has 1 saturated carbocycles. The van der Waals surface area contributed by atoms with Gasteiger partial charge in [0.05, 0.1) is 38.6 Å². The molecule has 0 saturated heterocycles. The molecule has 0 bridgehead atoms. The fourth-order valence-corrected chi connectivity index (χ4v) is 9.19. The highest BCUT2D eigenvalue weighted by molar-refractivity contribution is 6.30. The summed E-state index contributed by atoms with van der Waals surface area (Å²) in [6.07, 6.45) is 1.65. The van der Waals surface area contributed by atoms with Crippen molar-refractivity contribution in [3.05, 3.63) is 226 Å². The lowest BCUT2D eigenvalue weighted by molar-refractivity contribution is -0.136. The normalized spacial score (nSPS) is 14.9. The van der Waals surface area contributed by atoms with Gasteiger partial charge in [0, 0.05) is 5.41 Å². The van der Waals surface area contributed by atoms with Crippen LogP contribution < -0.4 is 9.47 Å². The largest absolute Gasteiger partial charge is 0.481 e. The van der Waals surface area contributed by atoms with Crippen LogP contribution in [0, 0.1) is 5.41 Å². The number of aromatic nitrogens is 2. The number of nitrogens with zero attached hydrogens (tertiary/aromatic N) is 2. The molecule has 8 rings (SSSR count). The van der Waals surface area contributed by atoms with Crippen molar-refractivity contribution in [2.45, 2.75) is 42.5 Å². The van der Waals surface area contributed by atoms with Crippen molar-refractivity contribution in [1.29, 1.82) is 0 Å². The van der Waals surface area contributed by atoms with Crippen molar-refractivity contribution in [3.8, 4) is 11.9 Å². The number of hydrogen-bond acceptors (Lipinski definition) is 7. The predicted molar refractivity (Wildman–Crippen MR) is 235 cm³/mol. The summed E-state index contributed by atoms with van der Waals surface area (Å²) in [4.78, 5) is 8.76. The van der Waals surface area contributed by atoms with Crippen LogP contribution in [0.15, 0.2) is 182 Å². The predicted octanol–water partition coefficient (Wildman–Crippen LogP) is 10.9. The maximum Gasteiger partial charge on any atom is 0.320 e. The molecule has 0 amide bonds. The Kier molecular flexibility index (Phi) is 12.1. The van der Waals surface area contributed by atoms with E-state index in [4.69, 9.17) is 30.5 Å². The zero-order valence-electron chi connectivity index (χ0n) is 33.9. The van der Waals surface area contributed by atoms with E-state index in [-0.39, 0.29) is 17.0 Å². The number of halogens is 1. The maximum atomic E-state index is 12.6.